The molecule has 0 unspecified atom stereocenters. The molecule has 0 aliphatic heterocycles. The second-order valence-corrected chi connectivity index (χ2v) is 10.8. The van der Waals surface area contributed by atoms with Gasteiger partial charge < -0.3 is 9.15 Å². The molecule has 1 amide bonds. The molecule has 0 fully saturated rings. The minimum atomic E-state index is -0.356. The Morgan fingerprint density at radius 3 is 2.41 bits per heavy atom. The van der Waals surface area contributed by atoms with E-state index in [9.17, 15) is 4.79 Å². The zero-order chi connectivity index (χ0) is 24.9. The summed E-state index contributed by atoms with van der Waals surface area (Å²) in [6.07, 6.45) is 2.51. The van der Waals surface area contributed by atoms with Crippen molar-refractivity contribution in [2.75, 3.05) is 6.61 Å². The number of aryl methyl sites for hydroxylation is 1. The topological polar surface area (TPSA) is 63.8 Å². The number of carbonyl (C=O) groups excluding carboxylic acids is 1. The number of hydrogen-bond donors (Lipinski definition) is 1. The number of furan rings is 1. The third-order valence-corrected chi connectivity index (χ3v) is 5.85. The van der Waals surface area contributed by atoms with E-state index in [1.165, 1.54) is 11.8 Å². The summed E-state index contributed by atoms with van der Waals surface area (Å²) in [5.74, 6) is 1.47. The molecule has 6 heteroatoms. The predicted octanol–water partition coefficient (Wildman–Crippen LogP) is 7.15. The van der Waals surface area contributed by atoms with Crippen LogP contribution in [0.15, 0.2) is 64.1 Å². The number of carbonyl (C=O) groups is 1. The van der Waals surface area contributed by atoms with Gasteiger partial charge in [0.25, 0.3) is 5.91 Å². The van der Waals surface area contributed by atoms with Gasteiger partial charge in [-0.1, -0.05) is 70.5 Å². The van der Waals surface area contributed by atoms with E-state index in [0.29, 0.717) is 22.3 Å². The third kappa shape index (κ3) is 7.22. The quantitative estimate of drug-likeness (QED) is 0.275. The van der Waals surface area contributed by atoms with Crippen molar-refractivity contribution in [3.05, 3.63) is 76.5 Å². The highest BCUT2D eigenvalue weighted by Gasteiger charge is 2.27. The summed E-state index contributed by atoms with van der Waals surface area (Å²) >= 11 is 6.19. The maximum Gasteiger partial charge on any atom is 0.277 e. The second kappa shape index (κ2) is 10.5. The molecule has 2 aromatic carbocycles. The highest BCUT2D eigenvalue weighted by Crippen LogP contribution is 2.36. The normalized spacial score (nSPS) is 12.2. The summed E-state index contributed by atoms with van der Waals surface area (Å²) in [4.78, 5) is 12.1. The maximum absolute atomic E-state index is 12.1. The van der Waals surface area contributed by atoms with Gasteiger partial charge in [0, 0.05) is 10.6 Å². The second-order valence-electron chi connectivity index (χ2n) is 10.4. The Morgan fingerprint density at radius 2 is 1.76 bits per heavy atom. The first-order chi connectivity index (χ1) is 15.9. The van der Waals surface area contributed by atoms with Gasteiger partial charge in [0.15, 0.2) is 6.61 Å². The fourth-order valence-corrected chi connectivity index (χ4v) is 4.28. The molecule has 0 aliphatic carbocycles. The number of ether oxygens (including phenoxy) is 1. The van der Waals surface area contributed by atoms with Crippen molar-refractivity contribution < 1.29 is 13.9 Å². The van der Waals surface area contributed by atoms with Crippen LogP contribution >= 0.6 is 11.6 Å². The van der Waals surface area contributed by atoms with Crippen LogP contribution in [0, 0.1) is 12.3 Å². The fraction of sp³-hybridized carbons (Fsp3) is 0.357. The van der Waals surface area contributed by atoms with Gasteiger partial charge in [0.1, 0.15) is 17.3 Å². The summed E-state index contributed by atoms with van der Waals surface area (Å²) < 4.78 is 11.4. The van der Waals surface area contributed by atoms with Crippen molar-refractivity contribution in [2.45, 2.75) is 53.4 Å². The SMILES string of the molecule is Cc1ccc(-c2ccc(/C=N/NC(=O)COc3ccc(C(C)(C)CC(C)(C)C)cc3)o2)cc1Cl. The Morgan fingerprint density at radius 1 is 1.06 bits per heavy atom. The van der Waals surface area contributed by atoms with Gasteiger partial charge in [-0.05, 0) is 65.6 Å². The van der Waals surface area contributed by atoms with Crippen LogP contribution in [0.25, 0.3) is 11.3 Å². The van der Waals surface area contributed by atoms with Gasteiger partial charge in [-0.2, -0.15) is 5.10 Å². The Labute approximate surface area is 207 Å². The van der Waals surface area contributed by atoms with E-state index >= 15 is 0 Å². The smallest absolute Gasteiger partial charge is 0.277 e. The summed E-state index contributed by atoms with van der Waals surface area (Å²) in [5, 5.41) is 4.63. The number of amides is 1. The highest BCUT2D eigenvalue weighted by molar-refractivity contribution is 6.31. The van der Waals surface area contributed by atoms with Crippen LogP contribution in [0.1, 0.15) is 57.9 Å². The molecule has 0 atom stereocenters. The van der Waals surface area contributed by atoms with E-state index in [-0.39, 0.29) is 23.3 Å². The maximum atomic E-state index is 12.1. The lowest BCUT2D eigenvalue weighted by Crippen LogP contribution is -2.25. The molecular formula is C28H33ClN2O3. The molecule has 3 rings (SSSR count). The van der Waals surface area contributed by atoms with Crippen LogP contribution in [-0.4, -0.2) is 18.7 Å². The average molecular weight is 481 g/mol. The van der Waals surface area contributed by atoms with E-state index in [0.717, 1.165) is 17.5 Å². The number of nitrogens with one attached hydrogen (secondary N) is 1. The van der Waals surface area contributed by atoms with Crippen LogP contribution in [0.3, 0.4) is 0 Å². The molecule has 0 bridgehead atoms. The Kier molecular flexibility index (Phi) is 7.88. The van der Waals surface area contributed by atoms with Crippen LogP contribution < -0.4 is 10.2 Å². The summed E-state index contributed by atoms with van der Waals surface area (Å²) in [7, 11) is 0. The van der Waals surface area contributed by atoms with Gasteiger partial charge in [0.2, 0.25) is 0 Å². The average Bonchev–Trinajstić information content (AvgIpc) is 3.22. The molecule has 0 spiro atoms. The van der Waals surface area contributed by atoms with Gasteiger partial charge in [-0.15, -0.1) is 0 Å². The Bertz CT molecular complexity index is 1160. The van der Waals surface area contributed by atoms with Gasteiger partial charge in [-0.25, -0.2) is 5.43 Å². The molecule has 1 aromatic heterocycles. The first-order valence-corrected chi connectivity index (χ1v) is 11.7. The van der Waals surface area contributed by atoms with E-state index in [1.54, 1.807) is 6.07 Å². The van der Waals surface area contributed by atoms with Crippen molar-refractivity contribution in [3.8, 4) is 17.1 Å². The largest absolute Gasteiger partial charge is 0.484 e. The van der Waals surface area contributed by atoms with E-state index in [4.69, 9.17) is 20.8 Å². The number of rotatable bonds is 8. The van der Waals surface area contributed by atoms with E-state index in [2.05, 4.69) is 57.3 Å². The van der Waals surface area contributed by atoms with E-state index < -0.39 is 0 Å². The van der Waals surface area contributed by atoms with Gasteiger partial charge in [-0.3, -0.25) is 4.79 Å². The minimum Gasteiger partial charge on any atom is -0.484 e. The van der Waals surface area contributed by atoms with Crippen molar-refractivity contribution in [2.24, 2.45) is 10.5 Å². The lowest BCUT2D eigenvalue weighted by molar-refractivity contribution is -0.123. The van der Waals surface area contributed by atoms with Gasteiger partial charge >= 0.3 is 0 Å². The van der Waals surface area contributed by atoms with Crippen molar-refractivity contribution >= 4 is 23.7 Å². The number of halogens is 1. The number of benzene rings is 2. The van der Waals surface area contributed by atoms with Gasteiger partial charge in [0.05, 0.1) is 6.21 Å². The van der Waals surface area contributed by atoms with Crippen LogP contribution in [0.5, 0.6) is 5.75 Å². The molecule has 0 saturated heterocycles. The molecule has 1 N–H and O–H groups in total. The predicted molar refractivity (Wildman–Crippen MR) is 139 cm³/mol. The molecular weight excluding hydrogens is 448 g/mol. The van der Waals surface area contributed by atoms with Crippen molar-refractivity contribution in [3.63, 3.8) is 0 Å². The third-order valence-electron chi connectivity index (χ3n) is 5.44. The molecule has 1 heterocycles. The molecule has 180 valence electrons. The first kappa shape index (κ1) is 25.6. The lowest BCUT2D eigenvalue weighted by Gasteiger charge is -2.33. The van der Waals surface area contributed by atoms with Crippen molar-refractivity contribution in [1.82, 2.24) is 5.43 Å². The summed E-state index contributed by atoms with van der Waals surface area (Å²) in [6.45, 7) is 13.1. The van der Waals surface area contributed by atoms with Crippen molar-refractivity contribution in [1.29, 1.82) is 0 Å². The number of nitrogens with zero attached hydrogens (tertiary/aromatic N) is 1. The monoisotopic (exact) mass is 480 g/mol. The number of hydrogen-bond acceptors (Lipinski definition) is 4. The minimum absolute atomic E-state index is 0.0559. The molecule has 0 radical (unpaired) electrons. The van der Waals surface area contributed by atoms with Crippen LogP contribution in [0.4, 0.5) is 0 Å². The molecule has 5 nitrogen and oxygen atoms in total. The molecule has 34 heavy (non-hydrogen) atoms. The summed E-state index contributed by atoms with van der Waals surface area (Å²) in [6, 6.07) is 17.3. The highest BCUT2D eigenvalue weighted by atomic mass is 35.5. The molecule has 0 aliphatic rings. The fourth-order valence-electron chi connectivity index (χ4n) is 4.10. The number of hydrazone groups is 1. The zero-order valence-electron chi connectivity index (χ0n) is 20.7. The molecule has 3 aromatic rings. The zero-order valence-corrected chi connectivity index (χ0v) is 21.5. The van der Waals surface area contributed by atoms with E-state index in [1.807, 2.05) is 43.3 Å². The summed E-state index contributed by atoms with van der Waals surface area (Å²) in [5.41, 5.74) is 5.87. The first-order valence-electron chi connectivity index (χ1n) is 11.3. The lowest BCUT2D eigenvalue weighted by atomic mass is 9.72. The standard InChI is InChI=1S/C28H33ClN2O3/c1-19-7-8-20(15-24(19)29)25-14-13-23(34-25)16-30-31-26(32)17-33-22-11-9-21(10-12-22)28(5,6)18-27(2,3)4/h7-16H,17-18H2,1-6H3,(H,31,32)/b30-16+. The Hall–Kier alpha value is -3.05. The Balaban J connectivity index is 1.49. The van der Waals surface area contributed by atoms with Crippen LogP contribution in [0.2, 0.25) is 5.02 Å². The molecule has 0 saturated carbocycles. The van der Waals surface area contributed by atoms with Crippen LogP contribution in [-0.2, 0) is 10.2 Å².